The van der Waals surface area contributed by atoms with Gasteiger partial charge in [-0.1, -0.05) is 31.5 Å². The number of nitrogens with two attached hydrogens (primary N) is 1. The molecule has 0 saturated heterocycles. The third kappa shape index (κ3) is 2.19. The molecule has 2 N–H and O–H groups in total. The van der Waals surface area contributed by atoms with E-state index in [4.69, 9.17) is 19.7 Å². The fourth-order valence-electron chi connectivity index (χ4n) is 2.30. The Morgan fingerprint density at radius 2 is 2.10 bits per heavy atom. The van der Waals surface area contributed by atoms with Crippen LogP contribution in [0.1, 0.15) is 26.0 Å². The normalized spacial score (nSPS) is 14.5. The number of nitrogen functional groups attached to an aromatic ring is 1. The van der Waals surface area contributed by atoms with E-state index in [1.54, 1.807) is 0 Å². The third-order valence-electron chi connectivity index (χ3n) is 3.68. The average molecular weight is 274 g/mol. The van der Waals surface area contributed by atoms with Crippen molar-refractivity contribution in [2.45, 2.75) is 26.7 Å². The van der Waals surface area contributed by atoms with Gasteiger partial charge in [-0.15, -0.1) is 0 Å². The first-order chi connectivity index (χ1) is 9.69. The maximum absolute atomic E-state index is 5.96. The largest absolute Gasteiger partial charge is 0.454 e. The molecule has 20 heavy (non-hydrogen) atoms. The van der Waals surface area contributed by atoms with Crippen LogP contribution in [0.4, 0.5) is 5.82 Å². The molecule has 1 atom stereocenters. The lowest BCUT2D eigenvalue weighted by atomic mass is 9.97. The molecule has 0 aliphatic carbocycles. The molecule has 1 aromatic heterocycles. The summed E-state index contributed by atoms with van der Waals surface area (Å²) < 4.78 is 16.1. The lowest BCUT2D eigenvalue weighted by Gasteiger charge is -2.08. The van der Waals surface area contributed by atoms with E-state index in [1.807, 2.05) is 18.2 Å². The molecule has 1 unspecified atom stereocenters. The van der Waals surface area contributed by atoms with Gasteiger partial charge in [0.25, 0.3) is 0 Å². The van der Waals surface area contributed by atoms with Gasteiger partial charge >= 0.3 is 0 Å². The highest BCUT2D eigenvalue weighted by Crippen LogP contribution is 2.39. The summed E-state index contributed by atoms with van der Waals surface area (Å²) in [5.74, 6) is 3.26. The number of anilines is 1. The highest BCUT2D eigenvalue weighted by Gasteiger charge is 2.20. The standard InChI is InChI=1S/C15H18N2O3/c1-3-9(2)6-13-14(15(16)17-20-13)10-4-5-11-12(7-10)19-8-18-11/h4-5,7,9H,3,6,8H2,1-2H3,(H2,16,17). The molecule has 5 nitrogen and oxygen atoms in total. The second-order valence-electron chi connectivity index (χ2n) is 5.15. The number of hydrogen-bond acceptors (Lipinski definition) is 5. The van der Waals surface area contributed by atoms with Crippen LogP contribution in [-0.4, -0.2) is 11.9 Å². The Labute approximate surface area is 117 Å². The van der Waals surface area contributed by atoms with Crippen molar-refractivity contribution in [3.8, 4) is 22.6 Å². The Bertz CT molecular complexity index is 622. The maximum atomic E-state index is 5.96. The molecule has 106 valence electrons. The fourth-order valence-corrected chi connectivity index (χ4v) is 2.30. The second kappa shape index (κ2) is 5.07. The molecule has 2 aromatic rings. The van der Waals surface area contributed by atoms with Crippen molar-refractivity contribution >= 4 is 5.82 Å². The molecule has 0 spiro atoms. The van der Waals surface area contributed by atoms with Crippen LogP contribution < -0.4 is 15.2 Å². The number of benzene rings is 1. The predicted octanol–water partition coefficient (Wildman–Crippen LogP) is 3.24. The summed E-state index contributed by atoms with van der Waals surface area (Å²) in [6, 6.07) is 5.76. The smallest absolute Gasteiger partial charge is 0.231 e. The number of rotatable bonds is 4. The van der Waals surface area contributed by atoms with Crippen molar-refractivity contribution in [1.29, 1.82) is 0 Å². The first-order valence-electron chi connectivity index (χ1n) is 6.83. The number of hydrogen-bond donors (Lipinski definition) is 1. The van der Waals surface area contributed by atoms with E-state index in [1.165, 1.54) is 0 Å². The van der Waals surface area contributed by atoms with Crippen LogP contribution in [0.2, 0.25) is 0 Å². The Hall–Kier alpha value is -2.17. The van der Waals surface area contributed by atoms with Gasteiger partial charge < -0.3 is 19.7 Å². The quantitative estimate of drug-likeness (QED) is 0.926. The van der Waals surface area contributed by atoms with Crippen LogP contribution in [0, 0.1) is 5.92 Å². The second-order valence-corrected chi connectivity index (χ2v) is 5.15. The van der Waals surface area contributed by atoms with Gasteiger partial charge in [0, 0.05) is 6.42 Å². The van der Waals surface area contributed by atoms with E-state index >= 15 is 0 Å². The number of ether oxygens (including phenoxy) is 2. The molecule has 0 fully saturated rings. The molecule has 0 bridgehead atoms. The summed E-state index contributed by atoms with van der Waals surface area (Å²) >= 11 is 0. The molecule has 0 saturated carbocycles. The molecular formula is C15H18N2O3. The van der Waals surface area contributed by atoms with E-state index in [9.17, 15) is 0 Å². The Balaban J connectivity index is 1.99. The van der Waals surface area contributed by atoms with Crippen molar-refractivity contribution in [3.05, 3.63) is 24.0 Å². The Morgan fingerprint density at radius 1 is 1.30 bits per heavy atom. The summed E-state index contributed by atoms with van der Waals surface area (Å²) in [7, 11) is 0. The van der Waals surface area contributed by atoms with E-state index in [0.29, 0.717) is 11.7 Å². The molecular weight excluding hydrogens is 256 g/mol. The zero-order chi connectivity index (χ0) is 14.1. The topological polar surface area (TPSA) is 70.5 Å². The highest BCUT2D eigenvalue weighted by molar-refractivity contribution is 5.77. The minimum Gasteiger partial charge on any atom is -0.454 e. The first-order valence-corrected chi connectivity index (χ1v) is 6.83. The summed E-state index contributed by atoms with van der Waals surface area (Å²) in [4.78, 5) is 0. The number of aromatic nitrogens is 1. The monoisotopic (exact) mass is 274 g/mol. The zero-order valence-corrected chi connectivity index (χ0v) is 11.7. The third-order valence-corrected chi connectivity index (χ3v) is 3.68. The first kappa shape index (κ1) is 12.8. The summed E-state index contributed by atoms with van der Waals surface area (Å²) in [6.07, 6.45) is 1.91. The molecule has 1 aliphatic rings. The highest BCUT2D eigenvalue weighted by atomic mass is 16.7. The molecule has 0 radical (unpaired) electrons. The lowest BCUT2D eigenvalue weighted by molar-refractivity contribution is 0.174. The van der Waals surface area contributed by atoms with E-state index in [2.05, 4.69) is 19.0 Å². The average Bonchev–Trinajstić information content (AvgIpc) is 3.04. The van der Waals surface area contributed by atoms with Gasteiger partial charge in [-0.05, 0) is 23.6 Å². The van der Waals surface area contributed by atoms with E-state index in [-0.39, 0.29) is 6.79 Å². The molecule has 1 aliphatic heterocycles. The van der Waals surface area contributed by atoms with Gasteiger partial charge in [0.2, 0.25) is 6.79 Å². The van der Waals surface area contributed by atoms with Crippen LogP contribution in [0.3, 0.4) is 0 Å². The molecule has 3 rings (SSSR count). The minimum absolute atomic E-state index is 0.262. The van der Waals surface area contributed by atoms with Crippen molar-refractivity contribution in [2.75, 3.05) is 12.5 Å². The molecule has 2 heterocycles. The number of fused-ring (bicyclic) bond motifs is 1. The summed E-state index contributed by atoms with van der Waals surface area (Å²) in [6.45, 7) is 4.60. The molecule has 1 aromatic carbocycles. The zero-order valence-electron chi connectivity index (χ0n) is 11.7. The van der Waals surface area contributed by atoms with Crippen molar-refractivity contribution in [3.63, 3.8) is 0 Å². The van der Waals surface area contributed by atoms with Crippen molar-refractivity contribution < 1.29 is 14.0 Å². The van der Waals surface area contributed by atoms with Gasteiger partial charge in [0.1, 0.15) is 5.76 Å². The lowest BCUT2D eigenvalue weighted by Crippen LogP contribution is -1.98. The Morgan fingerprint density at radius 3 is 2.90 bits per heavy atom. The van der Waals surface area contributed by atoms with E-state index in [0.717, 1.165) is 41.2 Å². The Kier molecular flexibility index (Phi) is 3.26. The van der Waals surface area contributed by atoms with Gasteiger partial charge in [0.15, 0.2) is 17.3 Å². The molecule has 0 amide bonds. The van der Waals surface area contributed by atoms with Gasteiger partial charge in [0.05, 0.1) is 5.56 Å². The summed E-state index contributed by atoms with van der Waals surface area (Å²) in [5.41, 5.74) is 7.77. The number of nitrogens with zero attached hydrogens (tertiary/aromatic N) is 1. The van der Waals surface area contributed by atoms with Crippen LogP contribution in [0.25, 0.3) is 11.1 Å². The van der Waals surface area contributed by atoms with Crippen molar-refractivity contribution in [2.24, 2.45) is 5.92 Å². The SMILES string of the molecule is CCC(C)Cc1onc(N)c1-c1ccc2c(c1)OCO2. The van der Waals surface area contributed by atoms with Crippen molar-refractivity contribution in [1.82, 2.24) is 5.16 Å². The van der Waals surface area contributed by atoms with Crippen LogP contribution >= 0.6 is 0 Å². The van der Waals surface area contributed by atoms with Crippen LogP contribution in [0.5, 0.6) is 11.5 Å². The fraction of sp³-hybridized carbons (Fsp3) is 0.400. The summed E-state index contributed by atoms with van der Waals surface area (Å²) in [5, 5.41) is 3.90. The van der Waals surface area contributed by atoms with E-state index < -0.39 is 0 Å². The van der Waals surface area contributed by atoms with Crippen LogP contribution in [-0.2, 0) is 6.42 Å². The maximum Gasteiger partial charge on any atom is 0.231 e. The predicted molar refractivity (Wildman–Crippen MR) is 75.6 cm³/mol. The molecule has 5 heteroatoms. The minimum atomic E-state index is 0.262. The van der Waals surface area contributed by atoms with Gasteiger partial charge in [-0.3, -0.25) is 0 Å². The van der Waals surface area contributed by atoms with Gasteiger partial charge in [-0.2, -0.15) is 0 Å². The van der Waals surface area contributed by atoms with Crippen LogP contribution in [0.15, 0.2) is 22.7 Å². The van der Waals surface area contributed by atoms with Gasteiger partial charge in [-0.25, -0.2) is 0 Å².